The number of rotatable bonds is 48. The summed E-state index contributed by atoms with van der Waals surface area (Å²) in [6, 6.07) is 0. The van der Waals surface area contributed by atoms with E-state index in [-0.39, 0.29) is 31.1 Å². The Morgan fingerprint density at radius 3 is 0.951 bits per heavy atom. The zero-order valence-corrected chi connectivity index (χ0v) is 40.7. The lowest BCUT2D eigenvalue weighted by Gasteiger charge is -2.18. The van der Waals surface area contributed by atoms with Crippen LogP contribution in [0.5, 0.6) is 0 Å². The second-order valence-electron chi connectivity index (χ2n) is 17.8. The van der Waals surface area contributed by atoms with Gasteiger partial charge in [0.2, 0.25) is 0 Å². The first kappa shape index (κ1) is 58.6. The summed E-state index contributed by atoms with van der Waals surface area (Å²) in [6.45, 7) is 6.61. The molecule has 0 aromatic carbocycles. The molecule has 0 heterocycles. The molecule has 0 rings (SSSR count). The zero-order valence-electron chi connectivity index (χ0n) is 40.7. The molecule has 0 N–H and O–H groups in total. The van der Waals surface area contributed by atoms with E-state index in [1.54, 1.807) is 0 Å². The molecule has 1 atom stereocenters. The van der Waals surface area contributed by atoms with Crippen LogP contribution in [0.2, 0.25) is 0 Å². The molecule has 1 unspecified atom stereocenters. The number of carbonyl (C=O) groups excluding carboxylic acids is 3. The summed E-state index contributed by atoms with van der Waals surface area (Å²) >= 11 is 0. The topological polar surface area (TPSA) is 78.9 Å². The van der Waals surface area contributed by atoms with Crippen molar-refractivity contribution in [2.45, 2.75) is 284 Å². The van der Waals surface area contributed by atoms with Gasteiger partial charge in [-0.15, -0.1) is 0 Å². The lowest BCUT2D eigenvalue weighted by molar-refractivity contribution is -0.167. The first-order valence-electron chi connectivity index (χ1n) is 26.5. The molecule has 61 heavy (non-hydrogen) atoms. The Morgan fingerprint density at radius 2 is 0.590 bits per heavy atom. The van der Waals surface area contributed by atoms with Gasteiger partial charge in [-0.25, -0.2) is 0 Å². The number of allylic oxidation sites excluding steroid dienone is 6. The number of hydrogen-bond donors (Lipinski definition) is 0. The predicted octanol–water partition coefficient (Wildman–Crippen LogP) is 17.3. The summed E-state index contributed by atoms with van der Waals surface area (Å²) in [5.74, 6) is -0.875. The van der Waals surface area contributed by atoms with Crippen molar-refractivity contribution in [3.8, 4) is 0 Å². The van der Waals surface area contributed by atoms with Crippen molar-refractivity contribution in [2.75, 3.05) is 13.2 Å². The molecule has 0 aromatic heterocycles. The van der Waals surface area contributed by atoms with Gasteiger partial charge in [-0.05, 0) is 57.8 Å². The van der Waals surface area contributed by atoms with Crippen LogP contribution in [0, 0.1) is 0 Å². The molecule has 356 valence electrons. The third-order valence-corrected chi connectivity index (χ3v) is 11.6. The molecule has 0 aromatic rings. The third kappa shape index (κ3) is 48.5. The van der Waals surface area contributed by atoms with Crippen LogP contribution in [0.15, 0.2) is 36.5 Å². The minimum Gasteiger partial charge on any atom is -0.462 e. The van der Waals surface area contributed by atoms with E-state index in [1.165, 1.54) is 161 Å². The van der Waals surface area contributed by atoms with E-state index < -0.39 is 6.10 Å². The van der Waals surface area contributed by atoms with Gasteiger partial charge in [-0.1, -0.05) is 237 Å². The second kappa shape index (κ2) is 50.3. The van der Waals surface area contributed by atoms with Gasteiger partial charge in [-0.3, -0.25) is 14.4 Å². The zero-order chi connectivity index (χ0) is 44.4. The van der Waals surface area contributed by atoms with Gasteiger partial charge in [0.1, 0.15) is 13.2 Å². The molecule has 0 saturated carbocycles. The van der Waals surface area contributed by atoms with E-state index in [2.05, 4.69) is 57.2 Å². The number of esters is 3. The first-order chi connectivity index (χ1) is 30.0. The largest absolute Gasteiger partial charge is 0.462 e. The number of hydrogen-bond acceptors (Lipinski definition) is 6. The molecule has 0 saturated heterocycles. The molecule has 0 aliphatic rings. The summed E-state index contributed by atoms with van der Waals surface area (Å²) in [5.41, 5.74) is 0. The van der Waals surface area contributed by atoms with E-state index in [4.69, 9.17) is 14.2 Å². The Balaban J connectivity index is 4.32. The molecular formula is C55H100O6. The molecule has 6 heteroatoms. The van der Waals surface area contributed by atoms with Gasteiger partial charge < -0.3 is 14.2 Å². The van der Waals surface area contributed by atoms with Crippen molar-refractivity contribution in [1.29, 1.82) is 0 Å². The van der Waals surface area contributed by atoms with Gasteiger partial charge in [0, 0.05) is 19.3 Å². The molecule has 0 amide bonds. The predicted molar refractivity (Wildman–Crippen MR) is 261 cm³/mol. The fourth-order valence-electron chi connectivity index (χ4n) is 7.63. The van der Waals surface area contributed by atoms with Crippen molar-refractivity contribution in [1.82, 2.24) is 0 Å². The maximum atomic E-state index is 12.8. The molecule has 0 aliphatic carbocycles. The minimum absolute atomic E-state index is 0.0723. The highest BCUT2D eigenvalue weighted by Crippen LogP contribution is 2.16. The summed E-state index contributed by atoms with van der Waals surface area (Å²) in [5, 5.41) is 0. The van der Waals surface area contributed by atoms with Gasteiger partial charge in [0.15, 0.2) is 6.10 Å². The molecular weight excluding hydrogens is 757 g/mol. The van der Waals surface area contributed by atoms with Crippen LogP contribution in [0.4, 0.5) is 0 Å². The fourth-order valence-corrected chi connectivity index (χ4v) is 7.63. The van der Waals surface area contributed by atoms with Gasteiger partial charge in [-0.2, -0.15) is 0 Å². The van der Waals surface area contributed by atoms with Gasteiger partial charge in [0.25, 0.3) is 0 Å². The van der Waals surface area contributed by atoms with Crippen molar-refractivity contribution in [3.05, 3.63) is 36.5 Å². The lowest BCUT2D eigenvalue weighted by atomic mass is 10.0. The average molecular weight is 857 g/mol. The summed E-state index contributed by atoms with van der Waals surface area (Å²) < 4.78 is 16.8. The van der Waals surface area contributed by atoms with Crippen molar-refractivity contribution in [2.24, 2.45) is 0 Å². The third-order valence-electron chi connectivity index (χ3n) is 11.6. The Hall–Kier alpha value is -2.37. The van der Waals surface area contributed by atoms with Crippen LogP contribution in [0.3, 0.4) is 0 Å². The van der Waals surface area contributed by atoms with Crippen molar-refractivity contribution < 1.29 is 28.6 Å². The van der Waals surface area contributed by atoms with Crippen molar-refractivity contribution >= 4 is 17.9 Å². The Kier molecular flexibility index (Phi) is 48.3. The van der Waals surface area contributed by atoms with Crippen LogP contribution < -0.4 is 0 Å². The standard InChI is InChI=1S/C55H100O6/c1-4-7-10-13-16-19-22-24-26-27-28-29-30-32-33-36-39-42-45-48-54(57)60-51-52(50-59-53(56)47-44-41-38-35-21-18-15-12-9-6-3)61-55(58)49-46-43-40-37-34-31-25-23-20-17-14-11-8-5-2/h16,19,24,26,28-29,52H,4-15,17-18,20-23,25,27,30-51H2,1-3H3/b19-16-,26-24-,29-28-. The molecule has 0 spiro atoms. The highest BCUT2D eigenvalue weighted by atomic mass is 16.6. The van der Waals surface area contributed by atoms with E-state index in [0.717, 1.165) is 77.0 Å². The molecule has 0 aliphatic heterocycles. The molecule has 6 nitrogen and oxygen atoms in total. The molecule has 0 radical (unpaired) electrons. The van der Waals surface area contributed by atoms with Crippen LogP contribution in [0.25, 0.3) is 0 Å². The van der Waals surface area contributed by atoms with Crippen LogP contribution >= 0.6 is 0 Å². The van der Waals surface area contributed by atoms with Crippen molar-refractivity contribution in [3.63, 3.8) is 0 Å². The minimum atomic E-state index is -0.771. The Morgan fingerprint density at radius 1 is 0.328 bits per heavy atom. The smallest absolute Gasteiger partial charge is 0.306 e. The SMILES string of the molecule is CCCCC/C=C\C/C=C\C/C=C\CCCCCCCCC(=O)OCC(COC(=O)CCCCCCCCCCCC)OC(=O)CCCCCCCCCCCCCCCC. The van der Waals surface area contributed by atoms with Crippen LogP contribution in [0.1, 0.15) is 278 Å². The van der Waals surface area contributed by atoms with Crippen LogP contribution in [-0.2, 0) is 28.6 Å². The van der Waals surface area contributed by atoms with Gasteiger partial charge in [0.05, 0.1) is 0 Å². The highest BCUT2D eigenvalue weighted by molar-refractivity contribution is 5.71. The van der Waals surface area contributed by atoms with E-state index in [1.807, 2.05) is 0 Å². The molecule has 0 fully saturated rings. The Bertz CT molecular complexity index is 1030. The molecule has 0 bridgehead atoms. The second-order valence-corrected chi connectivity index (χ2v) is 17.8. The number of carbonyl (C=O) groups is 3. The average Bonchev–Trinajstić information content (AvgIpc) is 3.26. The van der Waals surface area contributed by atoms with Gasteiger partial charge >= 0.3 is 17.9 Å². The number of ether oxygens (including phenoxy) is 3. The van der Waals surface area contributed by atoms with Crippen LogP contribution in [-0.4, -0.2) is 37.2 Å². The van der Waals surface area contributed by atoms with E-state index >= 15 is 0 Å². The first-order valence-corrected chi connectivity index (χ1v) is 26.5. The maximum Gasteiger partial charge on any atom is 0.306 e. The quantitative estimate of drug-likeness (QED) is 0.0262. The van der Waals surface area contributed by atoms with E-state index in [9.17, 15) is 14.4 Å². The summed E-state index contributed by atoms with van der Waals surface area (Å²) in [4.78, 5) is 37.9. The summed E-state index contributed by atoms with van der Waals surface area (Å²) in [6.07, 6.45) is 58.4. The highest BCUT2D eigenvalue weighted by Gasteiger charge is 2.19. The maximum absolute atomic E-state index is 12.8. The monoisotopic (exact) mass is 857 g/mol. The van der Waals surface area contributed by atoms with E-state index in [0.29, 0.717) is 19.3 Å². The normalized spacial score (nSPS) is 12.2. The lowest BCUT2D eigenvalue weighted by Crippen LogP contribution is -2.30. The number of unbranched alkanes of at least 4 members (excludes halogenated alkanes) is 31. The summed E-state index contributed by atoms with van der Waals surface area (Å²) in [7, 11) is 0. The fraction of sp³-hybridized carbons (Fsp3) is 0.836. The Labute approximate surface area is 378 Å².